The van der Waals surface area contributed by atoms with Crippen molar-refractivity contribution in [1.82, 2.24) is 9.71 Å². The number of hydrogen-bond donors (Lipinski definition) is 1. The average Bonchev–Trinajstić information content (AvgIpc) is 2.89. The molecule has 1 amide bonds. The Balaban J connectivity index is 2.12. The number of carbonyl (C=O) groups excluding carboxylic acids is 1. The van der Waals surface area contributed by atoms with Gasteiger partial charge in [-0.15, -0.1) is 23.2 Å². The summed E-state index contributed by atoms with van der Waals surface area (Å²) in [7, 11) is -3.87. The lowest BCUT2D eigenvalue weighted by Gasteiger charge is -2.06. The SMILES string of the molecule is O=C(NS(=O)(=O)c1ccncc1)[C@@H]1CC1(Cl)Cl. The third kappa shape index (κ3) is 2.70. The molecule has 1 atom stereocenters. The Morgan fingerprint density at radius 2 is 1.94 bits per heavy atom. The molecular weight excluding hydrogens is 287 g/mol. The minimum Gasteiger partial charge on any atom is -0.274 e. The van der Waals surface area contributed by atoms with Crippen LogP contribution in [0.2, 0.25) is 0 Å². The van der Waals surface area contributed by atoms with Crippen molar-refractivity contribution in [2.24, 2.45) is 5.92 Å². The van der Waals surface area contributed by atoms with Gasteiger partial charge in [0, 0.05) is 12.4 Å². The summed E-state index contributed by atoms with van der Waals surface area (Å²) in [4.78, 5) is 15.2. The van der Waals surface area contributed by atoms with E-state index < -0.39 is 26.2 Å². The molecule has 0 aromatic carbocycles. The number of carbonyl (C=O) groups is 1. The standard InChI is InChI=1S/C9H8Cl2N2O3S/c10-9(11)5-7(9)8(14)13-17(15,16)6-1-3-12-4-2-6/h1-4,7H,5H2,(H,13,14)/t7-/m0/s1. The zero-order chi connectivity index (χ0) is 12.7. The third-order valence-corrected chi connectivity index (χ3v) is 4.54. The highest BCUT2D eigenvalue weighted by atomic mass is 35.5. The van der Waals surface area contributed by atoms with Gasteiger partial charge in [-0.3, -0.25) is 9.78 Å². The van der Waals surface area contributed by atoms with Crippen LogP contribution in [0.3, 0.4) is 0 Å². The van der Waals surface area contributed by atoms with Crippen LogP contribution < -0.4 is 4.72 Å². The Hall–Kier alpha value is -0.850. The van der Waals surface area contributed by atoms with Crippen LogP contribution in [-0.4, -0.2) is 23.6 Å². The number of aromatic nitrogens is 1. The number of amides is 1. The van der Waals surface area contributed by atoms with Gasteiger partial charge in [-0.1, -0.05) is 0 Å². The highest BCUT2D eigenvalue weighted by Crippen LogP contribution is 2.53. The molecule has 0 radical (unpaired) electrons. The monoisotopic (exact) mass is 294 g/mol. The molecule has 1 aromatic heterocycles. The topological polar surface area (TPSA) is 76.1 Å². The molecule has 0 saturated heterocycles. The maximum absolute atomic E-state index is 11.7. The first-order valence-electron chi connectivity index (χ1n) is 4.67. The van der Waals surface area contributed by atoms with Crippen molar-refractivity contribution in [2.45, 2.75) is 15.6 Å². The summed E-state index contributed by atoms with van der Waals surface area (Å²) in [5.74, 6) is -1.37. The van der Waals surface area contributed by atoms with Gasteiger partial charge >= 0.3 is 0 Å². The fourth-order valence-corrected chi connectivity index (χ4v) is 2.79. The number of alkyl halides is 2. The molecule has 1 heterocycles. The van der Waals surface area contributed by atoms with Crippen LogP contribution in [0.1, 0.15) is 6.42 Å². The van der Waals surface area contributed by atoms with Gasteiger partial charge in [0.15, 0.2) is 0 Å². The van der Waals surface area contributed by atoms with Crippen molar-refractivity contribution >= 4 is 39.1 Å². The van der Waals surface area contributed by atoms with Gasteiger partial charge in [0.05, 0.1) is 10.8 Å². The van der Waals surface area contributed by atoms with E-state index >= 15 is 0 Å². The second-order valence-electron chi connectivity index (χ2n) is 3.67. The molecule has 0 unspecified atom stereocenters. The normalized spacial score (nSPS) is 21.9. The number of sulfonamides is 1. The molecule has 1 aliphatic rings. The van der Waals surface area contributed by atoms with Gasteiger partial charge < -0.3 is 0 Å². The summed E-state index contributed by atoms with van der Waals surface area (Å²) in [6, 6.07) is 2.58. The van der Waals surface area contributed by atoms with Gasteiger partial charge in [0.1, 0.15) is 4.33 Å². The fraction of sp³-hybridized carbons (Fsp3) is 0.333. The highest BCUT2D eigenvalue weighted by Gasteiger charge is 2.57. The fourth-order valence-electron chi connectivity index (χ4n) is 1.28. The molecule has 0 bridgehead atoms. The summed E-state index contributed by atoms with van der Waals surface area (Å²) in [6.45, 7) is 0. The molecule has 5 nitrogen and oxygen atoms in total. The van der Waals surface area contributed by atoms with E-state index in [2.05, 4.69) is 4.98 Å². The second-order valence-corrected chi connectivity index (χ2v) is 6.90. The van der Waals surface area contributed by atoms with E-state index in [0.29, 0.717) is 0 Å². The van der Waals surface area contributed by atoms with Crippen LogP contribution >= 0.6 is 23.2 Å². The molecule has 1 saturated carbocycles. The second kappa shape index (κ2) is 4.12. The third-order valence-electron chi connectivity index (χ3n) is 2.34. The molecule has 2 rings (SSSR count). The van der Waals surface area contributed by atoms with E-state index in [4.69, 9.17) is 23.2 Å². The molecule has 1 aromatic rings. The lowest BCUT2D eigenvalue weighted by atomic mass is 10.4. The number of nitrogens with zero attached hydrogens (tertiary/aromatic N) is 1. The van der Waals surface area contributed by atoms with Crippen LogP contribution in [0.15, 0.2) is 29.4 Å². The minimum absolute atomic E-state index is 0.0313. The van der Waals surface area contributed by atoms with E-state index in [0.717, 1.165) is 0 Å². The number of pyridine rings is 1. The van der Waals surface area contributed by atoms with Gasteiger partial charge in [-0.25, -0.2) is 13.1 Å². The van der Waals surface area contributed by atoms with E-state index in [9.17, 15) is 13.2 Å². The molecule has 1 aliphatic carbocycles. The van der Waals surface area contributed by atoms with E-state index in [-0.39, 0.29) is 11.3 Å². The van der Waals surface area contributed by atoms with E-state index in [1.807, 2.05) is 4.72 Å². The first-order valence-corrected chi connectivity index (χ1v) is 6.91. The Morgan fingerprint density at radius 3 is 2.41 bits per heavy atom. The van der Waals surface area contributed by atoms with Crippen LogP contribution in [0.4, 0.5) is 0 Å². The van der Waals surface area contributed by atoms with Crippen LogP contribution in [-0.2, 0) is 14.8 Å². The minimum atomic E-state index is -3.87. The quantitative estimate of drug-likeness (QED) is 0.847. The Kier molecular flexibility index (Phi) is 3.05. The first-order chi connectivity index (χ1) is 7.83. The van der Waals surface area contributed by atoms with E-state index in [1.165, 1.54) is 24.5 Å². The van der Waals surface area contributed by atoms with Gasteiger partial charge in [0.25, 0.3) is 10.0 Å². The maximum atomic E-state index is 11.7. The summed E-state index contributed by atoms with van der Waals surface area (Å²) in [6.07, 6.45) is 2.90. The Morgan fingerprint density at radius 1 is 1.41 bits per heavy atom. The number of halogens is 2. The zero-order valence-electron chi connectivity index (χ0n) is 8.43. The van der Waals surface area contributed by atoms with Crippen LogP contribution in [0, 0.1) is 5.92 Å². The van der Waals surface area contributed by atoms with Crippen LogP contribution in [0.5, 0.6) is 0 Å². The predicted octanol–water partition coefficient (Wildman–Crippen LogP) is 1.08. The summed E-state index contributed by atoms with van der Waals surface area (Å²) >= 11 is 11.4. The van der Waals surface area contributed by atoms with Crippen molar-refractivity contribution in [3.05, 3.63) is 24.5 Å². The smallest absolute Gasteiger partial charge is 0.264 e. The maximum Gasteiger partial charge on any atom is 0.264 e. The van der Waals surface area contributed by atoms with Crippen LogP contribution in [0.25, 0.3) is 0 Å². The lowest BCUT2D eigenvalue weighted by Crippen LogP contribution is -2.32. The predicted molar refractivity (Wildman–Crippen MR) is 62.1 cm³/mol. The van der Waals surface area contributed by atoms with Crippen molar-refractivity contribution in [3.63, 3.8) is 0 Å². The molecule has 1 N–H and O–H groups in total. The first kappa shape index (κ1) is 12.6. The molecule has 0 aliphatic heterocycles. The largest absolute Gasteiger partial charge is 0.274 e. The Bertz CT molecular complexity index is 545. The van der Waals surface area contributed by atoms with Gasteiger partial charge in [-0.05, 0) is 18.6 Å². The van der Waals surface area contributed by atoms with Crippen molar-refractivity contribution in [2.75, 3.05) is 0 Å². The molecule has 0 spiro atoms. The Labute approximate surface area is 108 Å². The summed E-state index contributed by atoms with van der Waals surface area (Å²) < 4.78 is 24.3. The van der Waals surface area contributed by atoms with E-state index in [1.54, 1.807) is 0 Å². The van der Waals surface area contributed by atoms with Crippen molar-refractivity contribution in [3.8, 4) is 0 Å². The molecule has 92 valence electrons. The van der Waals surface area contributed by atoms with Crippen molar-refractivity contribution < 1.29 is 13.2 Å². The molecule has 1 fully saturated rings. The van der Waals surface area contributed by atoms with Crippen molar-refractivity contribution in [1.29, 1.82) is 0 Å². The molecular formula is C9H8Cl2N2O3S. The number of nitrogens with one attached hydrogen (secondary N) is 1. The van der Waals surface area contributed by atoms with Gasteiger partial charge in [0.2, 0.25) is 5.91 Å². The molecule has 8 heteroatoms. The number of hydrogen-bond acceptors (Lipinski definition) is 4. The molecule has 17 heavy (non-hydrogen) atoms. The highest BCUT2D eigenvalue weighted by molar-refractivity contribution is 7.90. The lowest BCUT2D eigenvalue weighted by molar-refractivity contribution is -0.120. The zero-order valence-corrected chi connectivity index (χ0v) is 10.8. The number of rotatable bonds is 3. The average molecular weight is 295 g/mol. The van der Waals surface area contributed by atoms with Gasteiger partial charge in [-0.2, -0.15) is 0 Å². The summed E-state index contributed by atoms with van der Waals surface area (Å²) in [5, 5.41) is 0. The summed E-state index contributed by atoms with van der Waals surface area (Å²) in [5.41, 5.74) is 0.